The monoisotopic (exact) mass is 331 g/mol. The number of benzene rings is 1. The number of rotatable bonds is 8. The summed E-state index contributed by atoms with van der Waals surface area (Å²) in [4.78, 5) is 30.3. The molecule has 1 heterocycles. The summed E-state index contributed by atoms with van der Waals surface area (Å²) in [5, 5.41) is 12.2. The number of aryl methyl sites for hydroxylation is 1. The third kappa shape index (κ3) is 4.92. The SMILES string of the molecule is CCOC(=O)c1cccc(CCC(CO)NC(=O)c2c[nH]cn2)c1. The first-order chi connectivity index (χ1) is 11.6. The Bertz CT molecular complexity index is 670. The molecule has 1 amide bonds. The van der Waals surface area contributed by atoms with Gasteiger partial charge in [-0.2, -0.15) is 0 Å². The van der Waals surface area contributed by atoms with Gasteiger partial charge in [-0.1, -0.05) is 12.1 Å². The normalized spacial score (nSPS) is 11.8. The summed E-state index contributed by atoms with van der Waals surface area (Å²) in [7, 11) is 0. The van der Waals surface area contributed by atoms with Crippen molar-refractivity contribution < 1.29 is 19.4 Å². The molecule has 1 aromatic heterocycles. The fourth-order valence-corrected chi connectivity index (χ4v) is 2.26. The third-order valence-corrected chi connectivity index (χ3v) is 3.51. The van der Waals surface area contributed by atoms with Gasteiger partial charge in [-0.3, -0.25) is 4.79 Å². The maximum absolute atomic E-state index is 11.9. The van der Waals surface area contributed by atoms with Gasteiger partial charge in [0.05, 0.1) is 31.1 Å². The number of carbonyl (C=O) groups excluding carboxylic acids is 2. The molecule has 0 fully saturated rings. The van der Waals surface area contributed by atoms with Crippen molar-refractivity contribution in [2.45, 2.75) is 25.8 Å². The minimum Gasteiger partial charge on any atom is -0.462 e. The molecule has 0 radical (unpaired) electrons. The predicted molar refractivity (Wildman–Crippen MR) is 87.6 cm³/mol. The first kappa shape index (κ1) is 17.7. The number of aliphatic hydroxyl groups is 1. The average molecular weight is 331 g/mol. The van der Waals surface area contributed by atoms with Crippen molar-refractivity contribution in [3.05, 3.63) is 53.6 Å². The summed E-state index contributed by atoms with van der Waals surface area (Å²) < 4.78 is 4.98. The number of ether oxygens (including phenoxy) is 1. The first-order valence-electron chi connectivity index (χ1n) is 7.80. The molecule has 0 saturated carbocycles. The van der Waals surface area contributed by atoms with Crippen LogP contribution in [0.25, 0.3) is 0 Å². The molecular formula is C17H21N3O4. The number of aromatic amines is 1. The maximum atomic E-state index is 11.9. The van der Waals surface area contributed by atoms with E-state index in [0.717, 1.165) is 5.56 Å². The Hall–Kier alpha value is -2.67. The summed E-state index contributed by atoms with van der Waals surface area (Å²) >= 11 is 0. The number of H-pyrrole nitrogens is 1. The number of imidazole rings is 1. The van der Waals surface area contributed by atoms with Crippen LogP contribution in [0.2, 0.25) is 0 Å². The van der Waals surface area contributed by atoms with E-state index in [9.17, 15) is 14.7 Å². The van der Waals surface area contributed by atoms with Crippen LogP contribution in [-0.4, -0.2) is 46.2 Å². The number of hydrogen-bond acceptors (Lipinski definition) is 5. The number of esters is 1. The van der Waals surface area contributed by atoms with Crippen molar-refractivity contribution in [1.29, 1.82) is 0 Å². The number of aromatic nitrogens is 2. The van der Waals surface area contributed by atoms with E-state index in [4.69, 9.17) is 4.74 Å². The Morgan fingerprint density at radius 1 is 1.42 bits per heavy atom. The molecular weight excluding hydrogens is 310 g/mol. The topological polar surface area (TPSA) is 104 Å². The van der Waals surface area contributed by atoms with Gasteiger partial charge >= 0.3 is 5.97 Å². The Balaban J connectivity index is 1.92. The standard InChI is InChI=1S/C17H21N3O4/c1-2-24-17(23)13-5-3-4-12(8-13)6-7-14(10-21)20-16(22)15-9-18-11-19-15/h3-5,8-9,11,14,21H,2,6-7,10H2,1H3,(H,18,19)(H,20,22). The van der Waals surface area contributed by atoms with Crippen molar-refractivity contribution in [2.75, 3.05) is 13.2 Å². The number of nitrogens with one attached hydrogen (secondary N) is 2. The van der Waals surface area contributed by atoms with Crippen molar-refractivity contribution in [1.82, 2.24) is 15.3 Å². The lowest BCUT2D eigenvalue weighted by molar-refractivity contribution is 0.0526. The molecule has 0 aliphatic heterocycles. The highest BCUT2D eigenvalue weighted by molar-refractivity contribution is 5.92. The van der Waals surface area contributed by atoms with Crippen LogP contribution in [0, 0.1) is 0 Å². The zero-order chi connectivity index (χ0) is 17.4. The molecule has 0 aliphatic carbocycles. The smallest absolute Gasteiger partial charge is 0.338 e. The molecule has 1 unspecified atom stereocenters. The highest BCUT2D eigenvalue weighted by Crippen LogP contribution is 2.10. The van der Waals surface area contributed by atoms with E-state index in [2.05, 4.69) is 15.3 Å². The van der Waals surface area contributed by atoms with Gasteiger partial charge in [-0.05, 0) is 37.5 Å². The zero-order valence-corrected chi connectivity index (χ0v) is 13.5. The maximum Gasteiger partial charge on any atom is 0.338 e. The number of amides is 1. The molecule has 1 aromatic carbocycles. The van der Waals surface area contributed by atoms with Crippen LogP contribution in [0.15, 0.2) is 36.8 Å². The van der Waals surface area contributed by atoms with Crippen LogP contribution >= 0.6 is 0 Å². The largest absolute Gasteiger partial charge is 0.462 e. The van der Waals surface area contributed by atoms with Crippen LogP contribution in [0.4, 0.5) is 0 Å². The highest BCUT2D eigenvalue weighted by atomic mass is 16.5. The third-order valence-electron chi connectivity index (χ3n) is 3.51. The fraction of sp³-hybridized carbons (Fsp3) is 0.353. The molecule has 0 saturated heterocycles. The van der Waals surface area contributed by atoms with Crippen molar-refractivity contribution in [3.63, 3.8) is 0 Å². The summed E-state index contributed by atoms with van der Waals surface area (Å²) in [6.45, 7) is 1.91. The summed E-state index contributed by atoms with van der Waals surface area (Å²) in [6, 6.07) is 6.76. The lowest BCUT2D eigenvalue weighted by atomic mass is 10.0. The van der Waals surface area contributed by atoms with E-state index in [1.54, 1.807) is 25.1 Å². The van der Waals surface area contributed by atoms with E-state index in [-0.39, 0.29) is 30.2 Å². The predicted octanol–water partition coefficient (Wildman–Crippen LogP) is 1.31. The van der Waals surface area contributed by atoms with E-state index in [0.29, 0.717) is 25.0 Å². The van der Waals surface area contributed by atoms with Gasteiger partial charge in [-0.15, -0.1) is 0 Å². The van der Waals surface area contributed by atoms with Crippen molar-refractivity contribution in [2.24, 2.45) is 0 Å². The molecule has 3 N–H and O–H groups in total. The van der Waals surface area contributed by atoms with Crippen molar-refractivity contribution in [3.8, 4) is 0 Å². The van der Waals surface area contributed by atoms with Gasteiger partial charge in [0.2, 0.25) is 0 Å². The molecule has 0 spiro atoms. The molecule has 1 atom stereocenters. The summed E-state index contributed by atoms with van der Waals surface area (Å²) in [6.07, 6.45) is 4.06. The number of hydrogen-bond donors (Lipinski definition) is 3. The fourth-order valence-electron chi connectivity index (χ4n) is 2.26. The van der Waals surface area contributed by atoms with E-state index < -0.39 is 0 Å². The highest BCUT2D eigenvalue weighted by Gasteiger charge is 2.15. The van der Waals surface area contributed by atoms with Crippen LogP contribution in [0.3, 0.4) is 0 Å². The molecule has 0 bridgehead atoms. The quantitative estimate of drug-likeness (QED) is 0.633. The molecule has 7 heteroatoms. The van der Waals surface area contributed by atoms with Gasteiger partial charge in [0.15, 0.2) is 0 Å². The average Bonchev–Trinajstić information content (AvgIpc) is 3.13. The Labute approximate surface area is 140 Å². The van der Waals surface area contributed by atoms with Gasteiger partial charge in [-0.25, -0.2) is 9.78 Å². The molecule has 128 valence electrons. The van der Waals surface area contributed by atoms with Gasteiger partial charge in [0.1, 0.15) is 5.69 Å². The van der Waals surface area contributed by atoms with Crippen LogP contribution in [0.1, 0.15) is 39.8 Å². The van der Waals surface area contributed by atoms with Gasteiger partial charge in [0, 0.05) is 6.20 Å². The second-order valence-corrected chi connectivity index (χ2v) is 5.27. The van der Waals surface area contributed by atoms with Crippen molar-refractivity contribution >= 4 is 11.9 Å². The minimum atomic E-state index is -0.388. The lowest BCUT2D eigenvalue weighted by Crippen LogP contribution is -2.38. The van der Waals surface area contributed by atoms with E-state index in [1.165, 1.54) is 12.5 Å². The number of aliphatic hydroxyl groups excluding tert-OH is 1. The number of nitrogens with zero attached hydrogens (tertiary/aromatic N) is 1. The van der Waals surface area contributed by atoms with Gasteiger partial charge < -0.3 is 20.1 Å². The lowest BCUT2D eigenvalue weighted by Gasteiger charge is -2.15. The molecule has 24 heavy (non-hydrogen) atoms. The second-order valence-electron chi connectivity index (χ2n) is 5.27. The van der Waals surface area contributed by atoms with Gasteiger partial charge in [0.25, 0.3) is 5.91 Å². The minimum absolute atomic E-state index is 0.173. The summed E-state index contributed by atoms with van der Waals surface area (Å²) in [5.41, 5.74) is 1.71. The molecule has 7 nitrogen and oxygen atoms in total. The zero-order valence-electron chi connectivity index (χ0n) is 13.5. The molecule has 0 aliphatic rings. The first-order valence-corrected chi connectivity index (χ1v) is 7.80. The van der Waals surface area contributed by atoms with Crippen LogP contribution < -0.4 is 5.32 Å². The number of carbonyl (C=O) groups is 2. The Morgan fingerprint density at radius 3 is 2.92 bits per heavy atom. The Morgan fingerprint density at radius 2 is 2.25 bits per heavy atom. The summed E-state index contributed by atoms with van der Waals surface area (Å²) in [5.74, 6) is -0.694. The van der Waals surface area contributed by atoms with Crippen LogP contribution in [-0.2, 0) is 11.2 Å². The molecule has 2 aromatic rings. The Kier molecular flexibility index (Phi) is 6.51. The van der Waals surface area contributed by atoms with E-state index in [1.807, 2.05) is 6.07 Å². The van der Waals surface area contributed by atoms with Crippen LogP contribution in [0.5, 0.6) is 0 Å². The van der Waals surface area contributed by atoms with E-state index >= 15 is 0 Å². The second kappa shape index (κ2) is 8.83. The molecule has 2 rings (SSSR count).